The van der Waals surface area contributed by atoms with Crippen molar-refractivity contribution in [2.24, 2.45) is 11.5 Å². The molecule has 0 radical (unpaired) electrons. The van der Waals surface area contributed by atoms with Crippen LogP contribution >= 0.6 is 0 Å². The average molecular weight is 441 g/mol. The van der Waals surface area contributed by atoms with Crippen molar-refractivity contribution in [3.63, 3.8) is 0 Å². The molecule has 0 spiro atoms. The lowest BCUT2D eigenvalue weighted by atomic mass is 10.0. The van der Waals surface area contributed by atoms with Gasteiger partial charge in [-0.05, 0) is 55.5 Å². The van der Waals surface area contributed by atoms with Gasteiger partial charge in [0.2, 0.25) is 17.7 Å². The Balaban J connectivity index is 2.03. The summed E-state index contributed by atoms with van der Waals surface area (Å²) in [4.78, 5) is 37.3. The minimum atomic E-state index is -0.846. The zero-order chi connectivity index (χ0) is 23.3. The summed E-state index contributed by atoms with van der Waals surface area (Å²) < 4.78 is 0. The number of rotatable bonds is 13. The molecule has 0 saturated heterocycles. The number of nitrogens with one attached hydrogen (secondary N) is 2. The van der Waals surface area contributed by atoms with E-state index in [1.54, 1.807) is 24.3 Å². The van der Waals surface area contributed by atoms with Gasteiger partial charge in [0.25, 0.3) is 0 Å². The Kier molecular flexibility index (Phi) is 10.2. The molecule has 32 heavy (non-hydrogen) atoms. The second-order valence-electron chi connectivity index (χ2n) is 7.72. The number of primary amides is 1. The lowest BCUT2D eigenvalue weighted by Gasteiger charge is -2.22. The molecule has 8 nitrogen and oxygen atoms in total. The van der Waals surface area contributed by atoms with E-state index in [9.17, 15) is 19.5 Å². The van der Waals surface area contributed by atoms with Gasteiger partial charge in [-0.1, -0.05) is 42.5 Å². The van der Waals surface area contributed by atoms with E-state index in [4.69, 9.17) is 11.5 Å². The number of hydrogen-bond acceptors (Lipinski definition) is 5. The van der Waals surface area contributed by atoms with Crippen LogP contribution in [0.3, 0.4) is 0 Å². The fourth-order valence-electron chi connectivity index (χ4n) is 3.30. The molecule has 7 N–H and O–H groups in total. The minimum absolute atomic E-state index is 0.160. The van der Waals surface area contributed by atoms with Gasteiger partial charge in [0, 0.05) is 12.8 Å². The smallest absolute Gasteiger partial charge is 0.243 e. The lowest BCUT2D eigenvalue weighted by Crippen LogP contribution is -2.53. The van der Waals surface area contributed by atoms with E-state index >= 15 is 0 Å². The average Bonchev–Trinajstić information content (AvgIpc) is 2.78. The largest absolute Gasteiger partial charge is 0.508 e. The summed E-state index contributed by atoms with van der Waals surface area (Å²) in [6, 6.07) is 14.3. The van der Waals surface area contributed by atoms with Crippen molar-refractivity contribution in [2.75, 3.05) is 6.54 Å². The molecule has 2 aromatic carbocycles. The third-order valence-corrected chi connectivity index (χ3v) is 5.12. The van der Waals surface area contributed by atoms with Gasteiger partial charge in [-0.2, -0.15) is 0 Å². The highest BCUT2D eigenvalue weighted by Gasteiger charge is 2.25. The number of nitrogens with two attached hydrogens (primary N) is 2. The maximum Gasteiger partial charge on any atom is 0.243 e. The first-order valence-corrected chi connectivity index (χ1v) is 10.8. The number of phenols is 1. The molecular weight excluding hydrogens is 408 g/mol. The molecule has 0 aliphatic heterocycles. The minimum Gasteiger partial charge on any atom is -0.508 e. The Labute approximate surface area is 188 Å². The number of amides is 3. The highest BCUT2D eigenvalue weighted by molar-refractivity contribution is 5.91. The second-order valence-corrected chi connectivity index (χ2v) is 7.72. The first-order chi connectivity index (χ1) is 15.4. The van der Waals surface area contributed by atoms with Gasteiger partial charge in [-0.15, -0.1) is 0 Å². The summed E-state index contributed by atoms with van der Waals surface area (Å²) in [7, 11) is 0. The van der Waals surface area contributed by atoms with Crippen molar-refractivity contribution in [1.29, 1.82) is 0 Å². The maximum atomic E-state index is 13.0. The van der Waals surface area contributed by atoms with Gasteiger partial charge in [0.05, 0.1) is 0 Å². The van der Waals surface area contributed by atoms with Crippen LogP contribution in [0.25, 0.3) is 0 Å². The van der Waals surface area contributed by atoms with E-state index in [0.717, 1.165) is 17.5 Å². The summed E-state index contributed by atoms with van der Waals surface area (Å²) in [5, 5.41) is 14.8. The van der Waals surface area contributed by atoms with Crippen LogP contribution in [0, 0.1) is 0 Å². The van der Waals surface area contributed by atoms with E-state index in [-0.39, 0.29) is 24.5 Å². The van der Waals surface area contributed by atoms with Crippen LogP contribution in [0.5, 0.6) is 5.75 Å². The highest BCUT2D eigenvalue weighted by Crippen LogP contribution is 2.11. The molecule has 0 bridgehead atoms. The second kappa shape index (κ2) is 13.1. The van der Waals surface area contributed by atoms with Crippen LogP contribution in [0.15, 0.2) is 54.6 Å². The fourth-order valence-corrected chi connectivity index (χ4v) is 3.30. The SMILES string of the molecule is NCCCC[C@H](NC(=O)[C@H](Cc1ccccc1)NC(=O)CCc1ccc(O)cc1)C(N)=O. The molecule has 0 fully saturated rings. The zero-order valence-electron chi connectivity index (χ0n) is 18.1. The van der Waals surface area contributed by atoms with E-state index in [1.807, 2.05) is 30.3 Å². The summed E-state index contributed by atoms with van der Waals surface area (Å²) in [6.45, 7) is 0.493. The summed E-state index contributed by atoms with van der Waals surface area (Å²) in [6.07, 6.45) is 2.71. The van der Waals surface area contributed by atoms with Crippen molar-refractivity contribution in [3.05, 3.63) is 65.7 Å². The van der Waals surface area contributed by atoms with E-state index in [2.05, 4.69) is 10.6 Å². The van der Waals surface area contributed by atoms with E-state index in [0.29, 0.717) is 25.8 Å². The predicted octanol–water partition coefficient (Wildman–Crippen LogP) is 1.15. The van der Waals surface area contributed by atoms with E-state index < -0.39 is 23.9 Å². The highest BCUT2D eigenvalue weighted by atomic mass is 16.3. The summed E-state index contributed by atoms with van der Waals surface area (Å²) >= 11 is 0. The number of aryl methyl sites for hydroxylation is 1. The maximum absolute atomic E-state index is 13.0. The molecule has 8 heteroatoms. The summed E-state index contributed by atoms with van der Waals surface area (Å²) in [5.41, 5.74) is 12.7. The molecule has 2 rings (SSSR count). The van der Waals surface area contributed by atoms with Crippen LogP contribution < -0.4 is 22.1 Å². The molecule has 172 valence electrons. The quantitative estimate of drug-likeness (QED) is 0.296. The standard InChI is InChI=1S/C24H32N4O4/c25-15-5-4-8-20(23(26)31)28-24(32)21(16-18-6-2-1-3-7-18)27-22(30)14-11-17-9-12-19(29)13-10-17/h1-3,6-7,9-10,12-13,20-21,29H,4-5,8,11,14-16,25H2,(H2,26,31)(H,27,30)(H,28,32)/t20-,21-/m0/s1. The van der Waals surface area contributed by atoms with Crippen LogP contribution in [-0.4, -0.2) is 41.5 Å². The van der Waals surface area contributed by atoms with Gasteiger partial charge < -0.3 is 27.2 Å². The number of carbonyl (C=O) groups excluding carboxylic acids is 3. The van der Waals surface area contributed by atoms with Crippen molar-refractivity contribution in [2.45, 2.75) is 50.6 Å². The Morgan fingerprint density at radius 1 is 0.875 bits per heavy atom. The molecule has 0 aliphatic carbocycles. The molecule has 0 aromatic heterocycles. The molecule has 2 atom stereocenters. The Morgan fingerprint density at radius 3 is 2.19 bits per heavy atom. The van der Waals surface area contributed by atoms with E-state index in [1.165, 1.54) is 0 Å². The fraction of sp³-hybridized carbons (Fsp3) is 0.375. The van der Waals surface area contributed by atoms with Gasteiger partial charge in [0.15, 0.2) is 0 Å². The van der Waals surface area contributed by atoms with Gasteiger partial charge in [0.1, 0.15) is 17.8 Å². The number of unbranched alkanes of at least 4 members (excludes halogenated alkanes) is 1. The Hall–Kier alpha value is -3.39. The molecule has 0 unspecified atom stereocenters. The number of phenolic OH excluding ortho intramolecular Hbond substituents is 1. The van der Waals surface area contributed by atoms with Crippen molar-refractivity contribution in [1.82, 2.24) is 10.6 Å². The Morgan fingerprint density at radius 2 is 1.56 bits per heavy atom. The van der Waals surface area contributed by atoms with Crippen LogP contribution in [0.4, 0.5) is 0 Å². The first kappa shape index (κ1) is 24.9. The van der Waals surface area contributed by atoms with Gasteiger partial charge in [-0.25, -0.2) is 0 Å². The topological polar surface area (TPSA) is 148 Å². The van der Waals surface area contributed by atoms with Gasteiger partial charge in [-0.3, -0.25) is 14.4 Å². The molecule has 0 aliphatic rings. The Bertz CT molecular complexity index is 871. The molecular formula is C24H32N4O4. The third kappa shape index (κ3) is 8.77. The molecule has 0 saturated carbocycles. The van der Waals surface area contributed by atoms with Crippen LogP contribution in [0.2, 0.25) is 0 Å². The normalized spacial score (nSPS) is 12.5. The van der Waals surface area contributed by atoms with Crippen LogP contribution in [-0.2, 0) is 27.2 Å². The summed E-state index contributed by atoms with van der Waals surface area (Å²) in [5.74, 6) is -1.20. The van der Waals surface area contributed by atoms with Crippen molar-refractivity contribution in [3.8, 4) is 5.75 Å². The number of carbonyl (C=O) groups is 3. The number of hydrogen-bond donors (Lipinski definition) is 5. The molecule has 3 amide bonds. The van der Waals surface area contributed by atoms with Gasteiger partial charge >= 0.3 is 0 Å². The monoisotopic (exact) mass is 440 g/mol. The molecule has 2 aromatic rings. The van der Waals surface area contributed by atoms with Crippen molar-refractivity contribution >= 4 is 17.7 Å². The van der Waals surface area contributed by atoms with Crippen LogP contribution in [0.1, 0.15) is 36.8 Å². The third-order valence-electron chi connectivity index (χ3n) is 5.12. The van der Waals surface area contributed by atoms with Crippen molar-refractivity contribution < 1.29 is 19.5 Å². The lowest BCUT2D eigenvalue weighted by molar-refractivity contribution is -0.131. The zero-order valence-corrected chi connectivity index (χ0v) is 18.1. The number of aromatic hydroxyl groups is 1. The predicted molar refractivity (Wildman–Crippen MR) is 123 cm³/mol. The molecule has 0 heterocycles. The first-order valence-electron chi connectivity index (χ1n) is 10.8. The number of benzene rings is 2.